The molecule has 1 unspecified atom stereocenters. The maximum atomic E-state index is 12.4. The molecule has 2 heterocycles. The van der Waals surface area contributed by atoms with E-state index in [1.165, 1.54) is 19.3 Å². The smallest absolute Gasteiger partial charge is 0.351 e. The van der Waals surface area contributed by atoms with Gasteiger partial charge < -0.3 is 30.9 Å². The Kier molecular flexibility index (Phi) is 6.22. The normalized spacial score (nSPS) is 23.4. The first-order valence-corrected chi connectivity index (χ1v) is 8.83. The number of hydrogen-bond acceptors (Lipinski definition) is 7. The molecule has 11 heteroatoms. The van der Waals surface area contributed by atoms with Crippen molar-refractivity contribution in [2.24, 2.45) is 0 Å². The van der Waals surface area contributed by atoms with Gasteiger partial charge in [-0.3, -0.25) is 9.36 Å². The number of carbonyl (C=O) groups excluding carboxylic acids is 2. The number of benzene rings is 1. The number of rotatable bonds is 5. The van der Waals surface area contributed by atoms with Crippen molar-refractivity contribution in [3.05, 3.63) is 58.6 Å². The van der Waals surface area contributed by atoms with Gasteiger partial charge in [0.1, 0.15) is 24.1 Å². The highest BCUT2D eigenvalue weighted by Gasteiger charge is 2.44. The van der Waals surface area contributed by atoms with Crippen LogP contribution in [-0.2, 0) is 4.74 Å². The molecule has 0 aliphatic carbocycles. The predicted octanol–water partition coefficient (Wildman–Crippen LogP) is -0.956. The molecule has 1 saturated heterocycles. The highest BCUT2D eigenvalue weighted by Crippen LogP contribution is 2.28. The summed E-state index contributed by atoms with van der Waals surface area (Å²) in [5.74, 6) is -0.394. The number of aliphatic hydroxyl groups is 2. The molecule has 4 atom stereocenters. The minimum atomic E-state index is -1.41. The molecule has 29 heavy (non-hydrogen) atoms. The predicted molar refractivity (Wildman–Crippen MR) is 101 cm³/mol. The molecule has 154 valence electrons. The van der Waals surface area contributed by atoms with E-state index in [9.17, 15) is 24.6 Å². The van der Waals surface area contributed by atoms with Gasteiger partial charge in [0.05, 0.1) is 0 Å². The average molecular weight is 403 g/mol. The van der Waals surface area contributed by atoms with Crippen molar-refractivity contribution in [2.45, 2.75) is 24.5 Å². The van der Waals surface area contributed by atoms with Gasteiger partial charge in [0.15, 0.2) is 6.23 Å². The van der Waals surface area contributed by atoms with Crippen molar-refractivity contribution >= 4 is 17.8 Å². The Morgan fingerprint density at radius 3 is 2.55 bits per heavy atom. The molecule has 0 radical (unpaired) electrons. The minimum absolute atomic E-state index is 0.0333. The molecule has 1 aromatic carbocycles. The number of ether oxygens (including phenoxy) is 1. The van der Waals surface area contributed by atoms with Crippen LogP contribution in [0.15, 0.2) is 47.4 Å². The van der Waals surface area contributed by atoms with Crippen molar-refractivity contribution in [3.8, 4) is 0 Å². The van der Waals surface area contributed by atoms with Crippen LogP contribution in [0.4, 0.5) is 10.6 Å². The number of amides is 3. The molecule has 2 aromatic rings. The molecule has 1 fully saturated rings. The van der Waals surface area contributed by atoms with Gasteiger partial charge in [-0.1, -0.05) is 18.2 Å². The number of anilines is 1. The Labute approximate surface area is 165 Å². The van der Waals surface area contributed by atoms with Crippen LogP contribution in [0.25, 0.3) is 0 Å². The molecular weight excluding hydrogens is 382 g/mol. The summed E-state index contributed by atoms with van der Waals surface area (Å²) in [6.45, 7) is -0.0677. The third kappa shape index (κ3) is 4.59. The minimum Gasteiger partial charge on any atom is -0.387 e. The Bertz CT molecular complexity index is 934. The van der Waals surface area contributed by atoms with Crippen LogP contribution in [0.2, 0.25) is 0 Å². The average Bonchev–Trinajstić information content (AvgIpc) is 3.01. The van der Waals surface area contributed by atoms with Gasteiger partial charge in [-0.05, 0) is 18.2 Å². The summed E-state index contributed by atoms with van der Waals surface area (Å²) < 4.78 is 6.54. The highest BCUT2D eigenvalue weighted by molar-refractivity contribution is 6.03. The molecule has 1 aliphatic heterocycles. The Balaban J connectivity index is 1.70. The summed E-state index contributed by atoms with van der Waals surface area (Å²) in [6.07, 6.45) is -3.54. The van der Waals surface area contributed by atoms with Crippen molar-refractivity contribution in [3.63, 3.8) is 0 Å². The van der Waals surface area contributed by atoms with E-state index in [-0.39, 0.29) is 12.4 Å². The number of aliphatic hydroxyl groups excluding tert-OH is 2. The van der Waals surface area contributed by atoms with E-state index in [2.05, 4.69) is 20.9 Å². The summed E-state index contributed by atoms with van der Waals surface area (Å²) in [7, 11) is 1.43. The zero-order valence-electron chi connectivity index (χ0n) is 15.5. The van der Waals surface area contributed by atoms with Crippen molar-refractivity contribution in [2.75, 3.05) is 18.9 Å². The monoisotopic (exact) mass is 403 g/mol. The van der Waals surface area contributed by atoms with Crippen LogP contribution in [0.1, 0.15) is 16.6 Å². The van der Waals surface area contributed by atoms with Crippen LogP contribution in [-0.4, -0.2) is 63.6 Å². The van der Waals surface area contributed by atoms with Crippen molar-refractivity contribution in [1.29, 1.82) is 0 Å². The van der Waals surface area contributed by atoms with Gasteiger partial charge in [-0.25, -0.2) is 9.59 Å². The SMILES string of the molecule is CNC(=O)NC[C@H]1O[C@@H](n2ccc(NC(=O)c3ccccc3)nc2=O)C(O)[C@H]1O. The van der Waals surface area contributed by atoms with E-state index in [1.807, 2.05) is 0 Å². The Hall–Kier alpha value is -3.28. The molecule has 5 N–H and O–H groups in total. The maximum Gasteiger partial charge on any atom is 0.351 e. The van der Waals surface area contributed by atoms with Crippen LogP contribution in [0.5, 0.6) is 0 Å². The number of urea groups is 1. The van der Waals surface area contributed by atoms with Gasteiger partial charge in [-0.15, -0.1) is 0 Å². The van der Waals surface area contributed by atoms with E-state index < -0.39 is 42.2 Å². The third-order valence-corrected chi connectivity index (χ3v) is 4.41. The van der Waals surface area contributed by atoms with Crippen LogP contribution in [0, 0.1) is 0 Å². The number of aromatic nitrogens is 2. The first kappa shape index (κ1) is 20.5. The maximum absolute atomic E-state index is 12.4. The summed E-state index contributed by atoms with van der Waals surface area (Å²) in [5.41, 5.74) is -0.380. The van der Waals surface area contributed by atoms with Crippen LogP contribution < -0.4 is 21.6 Å². The molecular formula is C18H21N5O6. The molecule has 0 bridgehead atoms. The lowest BCUT2D eigenvalue weighted by Crippen LogP contribution is -2.42. The second-order valence-corrected chi connectivity index (χ2v) is 6.33. The third-order valence-electron chi connectivity index (χ3n) is 4.41. The van der Waals surface area contributed by atoms with Gasteiger partial charge in [0, 0.05) is 25.4 Å². The molecule has 3 amide bonds. The number of hydrogen-bond donors (Lipinski definition) is 5. The zero-order valence-corrected chi connectivity index (χ0v) is 15.5. The fourth-order valence-electron chi connectivity index (χ4n) is 2.86. The second-order valence-electron chi connectivity index (χ2n) is 6.33. The molecule has 0 saturated carbocycles. The Morgan fingerprint density at radius 2 is 1.90 bits per heavy atom. The van der Waals surface area contributed by atoms with Crippen LogP contribution in [0.3, 0.4) is 0 Å². The summed E-state index contributed by atoms with van der Waals surface area (Å²) in [6, 6.07) is 9.33. The lowest BCUT2D eigenvalue weighted by Gasteiger charge is -2.17. The van der Waals surface area contributed by atoms with Crippen LogP contribution >= 0.6 is 0 Å². The fourth-order valence-corrected chi connectivity index (χ4v) is 2.86. The molecule has 1 aliphatic rings. The summed E-state index contributed by atoms with van der Waals surface area (Å²) in [5, 5.41) is 27.7. The molecule has 11 nitrogen and oxygen atoms in total. The number of nitrogens with one attached hydrogen (secondary N) is 3. The Morgan fingerprint density at radius 1 is 1.17 bits per heavy atom. The van der Waals surface area contributed by atoms with E-state index in [0.29, 0.717) is 5.56 Å². The van der Waals surface area contributed by atoms with E-state index in [0.717, 1.165) is 4.57 Å². The van der Waals surface area contributed by atoms with Gasteiger partial charge in [-0.2, -0.15) is 4.98 Å². The van der Waals surface area contributed by atoms with Gasteiger partial charge in [0.2, 0.25) is 0 Å². The topological polar surface area (TPSA) is 155 Å². The van der Waals surface area contributed by atoms with Crippen molar-refractivity contribution < 1.29 is 24.5 Å². The largest absolute Gasteiger partial charge is 0.387 e. The summed E-state index contributed by atoms with van der Waals surface area (Å²) >= 11 is 0. The van der Waals surface area contributed by atoms with E-state index in [4.69, 9.17) is 4.74 Å². The second kappa shape index (κ2) is 8.82. The highest BCUT2D eigenvalue weighted by atomic mass is 16.6. The first-order chi connectivity index (χ1) is 13.9. The molecule has 3 rings (SSSR count). The number of carbonyl (C=O) groups is 2. The summed E-state index contributed by atoms with van der Waals surface area (Å²) in [4.78, 5) is 39.6. The van der Waals surface area contributed by atoms with E-state index in [1.54, 1.807) is 30.3 Å². The fraction of sp³-hybridized carbons (Fsp3) is 0.333. The zero-order chi connectivity index (χ0) is 21.0. The molecule has 1 aromatic heterocycles. The lowest BCUT2D eigenvalue weighted by atomic mass is 10.1. The molecule has 0 spiro atoms. The lowest BCUT2D eigenvalue weighted by molar-refractivity contribution is -0.0383. The van der Waals surface area contributed by atoms with E-state index >= 15 is 0 Å². The first-order valence-electron chi connectivity index (χ1n) is 8.83. The van der Waals surface area contributed by atoms with Gasteiger partial charge in [0.25, 0.3) is 5.91 Å². The van der Waals surface area contributed by atoms with Crippen molar-refractivity contribution in [1.82, 2.24) is 20.2 Å². The standard InChI is InChI=1S/C18H21N5O6/c1-19-17(27)20-9-11-13(24)14(25)16(29-11)23-8-7-12(22-18(23)28)21-15(26)10-5-3-2-4-6-10/h2-8,11,13-14,16,24-25H,9H2,1H3,(H2,19,20,27)(H,21,22,26,28)/t11-,13+,14?,16-/m1/s1. The van der Waals surface area contributed by atoms with Gasteiger partial charge >= 0.3 is 11.7 Å². The quantitative estimate of drug-likeness (QED) is 0.431. The number of nitrogens with zero attached hydrogens (tertiary/aromatic N) is 2.